The summed E-state index contributed by atoms with van der Waals surface area (Å²) in [4.78, 5) is 9.04. The van der Waals surface area contributed by atoms with Crippen molar-refractivity contribution in [2.45, 2.75) is 18.1 Å². The Morgan fingerprint density at radius 1 is 1.53 bits per heavy atom. The molecule has 0 aliphatic carbocycles. The summed E-state index contributed by atoms with van der Waals surface area (Å²) in [5, 5.41) is 0.573. The zero-order valence-electron chi connectivity index (χ0n) is 8.68. The lowest BCUT2D eigenvalue weighted by Crippen LogP contribution is -2.00. The van der Waals surface area contributed by atoms with Gasteiger partial charge in [0.15, 0.2) is 5.65 Å². The van der Waals surface area contributed by atoms with Gasteiger partial charge in [-0.05, 0) is 30.7 Å². The van der Waals surface area contributed by atoms with E-state index in [0.29, 0.717) is 5.25 Å². The topological polar surface area (TPSA) is 30.7 Å². The van der Waals surface area contributed by atoms with Crippen molar-refractivity contribution in [3.05, 3.63) is 24.2 Å². The van der Waals surface area contributed by atoms with Gasteiger partial charge in [-0.2, -0.15) is 11.8 Å². The molecule has 0 radical (unpaired) electrons. The molecular formula is C11H13N3S. The van der Waals surface area contributed by atoms with Crippen LogP contribution in [0.4, 0.5) is 0 Å². The minimum Gasteiger partial charge on any atom is -0.315 e. The zero-order chi connectivity index (χ0) is 10.3. The standard InChI is InChI=1S/C11H13N3S/c1-14-10-8(4-2-6-12-10)13-11(14)9-5-3-7-15-9/h2,4,6,9H,3,5,7H2,1H3. The highest BCUT2D eigenvalue weighted by Crippen LogP contribution is 2.39. The van der Waals surface area contributed by atoms with E-state index < -0.39 is 0 Å². The highest BCUT2D eigenvalue weighted by atomic mass is 32.2. The second kappa shape index (κ2) is 3.52. The second-order valence-corrected chi connectivity index (χ2v) is 5.19. The van der Waals surface area contributed by atoms with E-state index in [9.17, 15) is 0 Å². The molecule has 1 saturated heterocycles. The molecule has 0 aromatic carbocycles. The average molecular weight is 219 g/mol. The summed E-state index contributed by atoms with van der Waals surface area (Å²) in [6, 6.07) is 3.98. The van der Waals surface area contributed by atoms with Crippen LogP contribution in [-0.2, 0) is 7.05 Å². The third kappa shape index (κ3) is 1.44. The maximum Gasteiger partial charge on any atom is 0.159 e. The van der Waals surface area contributed by atoms with Crippen molar-refractivity contribution in [3.63, 3.8) is 0 Å². The fourth-order valence-electron chi connectivity index (χ4n) is 2.11. The smallest absolute Gasteiger partial charge is 0.159 e. The van der Waals surface area contributed by atoms with Crippen molar-refractivity contribution in [2.24, 2.45) is 7.05 Å². The number of hydrogen-bond donors (Lipinski definition) is 0. The van der Waals surface area contributed by atoms with Crippen molar-refractivity contribution < 1.29 is 0 Å². The molecule has 4 heteroatoms. The number of fused-ring (bicyclic) bond motifs is 1. The van der Waals surface area contributed by atoms with Crippen LogP contribution in [-0.4, -0.2) is 20.3 Å². The first-order valence-corrected chi connectivity index (χ1v) is 6.30. The maximum atomic E-state index is 4.67. The Balaban J connectivity index is 2.14. The van der Waals surface area contributed by atoms with Crippen LogP contribution in [0.1, 0.15) is 23.9 Å². The lowest BCUT2D eigenvalue weighted by Gasteiger charge is -2.07. The third-order valence-electron chi connectivity index (χ3n) is 2.88. The number of rotatable bonds is 1. The minimum atomic E-state index is 0.573. The lowest BCUT2D eigenvalue weighted by atomic mass is 10.2. The Labute approximate surface area is 92.9 Å². The maximum absolute atomic E-state index is 4.67. The van der Waals surface area contributed by atoms with Crippen LogP contribution in [0.15, 0.2) is 18.3 Å². The van der Waals surface area contributed by atoms with Crippen LogP contribution in [0.2, 0.25) is 0 Å². The van der Waals surface area contributed by atoms with Crippen LogP contribution in [0.3, 0.4) is 0 Å². The second-order valence-electron chi connectivity index (χ2n) is 3.88. The number of pyridine rings is 1. The van der Waals surface area contributed by atoms with Gasteiger partial charge in [-0.25, -0.2) is 9.97 Å². The van der Waals surface area contributed by atoms with E-state index in [0.717, 1.165) is 11.2 Å². The molecule has 0 N–H and O–H groups in total. The molecule has 3 nitrogen and oxygen atoms in total. The predicted molar refractivity (Wildman–Crippen MR) is 62.9 cm³/mol. The van der Waals surface area contributed by atoms with E-state index in [1.54, 1.807) is 0 Å². The number of thioether (sulfide) groups is 1. The van der Waals surface area contributed by atoms with Gasteiger partial charge in [-0.15, -0.1) is 0 Å². The highest BCUT2D eigenvalue weighted by Gasteiger charge is 2.23. The monoisotopic (exact) mass is 219 g/mol. The van der Waals surface area contributed by atoms with Crippen molar-refractivity contribution in [3.8, 4) is 0 Å². The molecule has 3 heterocycles. The fraction of sp³-hybridized carbons (Fsp3) is 0.455. The molecule has 2 aromatic heterocycles. The molecule has 0 amide bonds. The largest absolute Gasteiger partial charge is 0.315 e. The molecule has 1 atom stereocenters. The Bertz CT molecular complexity index is 486. The average Bonchev–Trinajstić information content (AvgIpc) is 2.87. The molecule has 1 unspecified atom stereocenters. The molecule has 1 aliphatic rings. The molecule has 78 valence electrons. The Kier molecular flexibility index (Phi) is 2.16. The van der Waals surface area contributed by atoms with Gasteiger partial charge in [0.2, 0.25) is 0 Å². The van der Waals surface area contributed by atoms with E-state index >= 15 is 0 Å². The molecule has 0 spiro atoms. The summed E-state index contributed by atoms with van der Waals surface area (Å²) in [6.07, 6.45) is 4.39. The molecular weight excluding hydrogens is 206 g/mol. The Hall–Kier alpha value is -1.03. The highest BCUT2D eigenvalue weighted by molar-refractivity contribution is 7.99. The van der Waals surface area contributed by atoms with Crippen LogP contribution >= 0.6 is 11.8 Å². The van der Waals surface area contributed by atoms with E-state index in [2.05, 4.69) is 21.6 Å². The summed E-state index contributed by atoms with van der Waals surface area (Å²) in [6.45, 7) is 0. The molecule has 2 aromatic rings. The Morgan fingerprint density at radius 2 is 2.47 bits per heavy atom. The lowest BCUT2D eigenvalue weighted by molar-refractivity contribution is 0.734. The van der Waals surface area contributed by atoms with Gasteiger partial charge in [-0.3, -0.25) is 0 Å². The first-order valence-electron chi connectivity index (χ1n) is 5.25. The van der Waals surface area contributed by atoms with Gasteiger partial charge < -0.3 is 4.57 Å². The summed E-state index contributed by atoms with van der Waals surface area (Å²) >= 11 is 2.01. The summed E-state index contributed by atoms with van der Waals surface area (Å²) in [5.74, 6) is 2.45. The van der Waals surface area contributed by atoms with Crippen molar-refractivity contribution >= 4 is 22.9 Å². The van der Waals surface area contributed by atoms with E-state index in [1.807, 2.05) is 30.1 Å². The predicted octanol–water partition coefficient (Wildman–Crippen LogP) is 2.54. The molecule has 0 bridgehead atoms. The Morgan fingerprint density at radius 3 is 3.20 bits per heavy atom. The first-order chi connectivity index (χ1) is 7.36. The number of aromatic nitrogens is 3. The number of nitrogens with zero attached hydrogens (tertiary/aromatic N) is 3. The third-order valence-corrected chi connectivity index (χ3v) is 4.25. The number of aryl methyl sites for hydroxylation is 1. The van der Waals surface area contributed by atoms with E-state index in [4.69, 9.17) is 0 Å². The normalized spacial score (nSPS) is 21.3. The number of hydrogen-bond acceptors (Lipinski definition) is 3. The van der Waals surface area contributed by atoms with Crippen LogP contribution < -0.4 is 0 Å². The summed E-state index contributed by atoms with van der Waals surface area (Å²) < 4.78 is 2.14. The van der Waals surface area contributed by atoms with Crippen LogP contribution in [0.5, 0.6) is 0 Å². The van der Waals surface area contributed by atoms with Crippen molar-refractivity contribution in [1.29, 1.82) is 0 Å². The van der Waals surface area contributed by atoms with Crippen LogP contribution in [0.25, 0.3) is 11.2 Å². The number of imidazole rings is 1. The molecule has 1 fully saturated rings. The van der Waals surface area contributed by atoms with Crippen LogP contribution in [0, 0.1) is 0 Å². The van der Waals surface area contributed by atoms with E-state index in [1.165, 1.54) is 24.4 Å². The molecule has 15 heavy (non-hydrogen) atoms. The zero-order valence-corrected chi connectivity index (χ0v) is 9.50. The molecule has 0 saturated carbocycles. The fourth-order valence-corrected chi connectivity index (χ4v) is 3.42. The SMILES string of the molecule is Cn1c(C2CCCS2)nc2cccnc21. The summed E-state index contributed by atoms with van der Waals surface area (Å²) in [7, 11) is 2.07. The van der Waals surface area contributed by atoms with Crippen molar-refractivity contribution in [1.82, 2.24) is 14.5 Å². The van der Waals surface area contributed by atoms with Crippen molar-refractivity contribution in [2.75, 3.05) is 5.75 Å². The van der Waals surface area contributed by atoms with Gasteiger partial charge in [0.05, 0.1) is 5.25 Å². The minimum absolute atomic E-state index is 0.573. The summed E-state index contributed by atoms with van der Waals surface area (Å²) in [5.41, 5.74) is 2.02. The van der Waals surface area contributed by atoms with Gasteiger partial charge in [0, 0.05) is 13.2 Å². The molecule has 1 aliphatic heterocycles. The molecule has 3 rings (SSSR count). The van der Waals surface area contributed by atoms with Gasteiger partial charge in [0.1, 0.15) is 11.3 Å². The first kappa shape index (κ1) is 9.21. The van der Waals surface area contributed by atoms with E-state index in [-0.39, 0.29) is 0 Å². The quantitative estimate of drug-likeness (QED) is 0.738. The van der Waals surface area contributed by atoms with Gasteiger partial charge >= 0.3 is 0 Å². The van der Waals surface area contributed by atoms with Gasteiger partial charge in [0.25, 0.3) is 0 Å². The van der Waals surface area contributed by atoms with Gasteiger partial charge in [-0.1, -0.05) is 0 Å².